The van der Waals surface area contributed by atoms with Crippen molar-refractivity contribution in [3.05, 3.63) is 0 Å². The zero-order valence-corrected chi connectivity index (χ0v) is 13.3. The molecule has 2 heterocycles. The van der Waals surface area contributed by atoms with Crippen molar-refractivity contribution in [2.45, 2.75) is 58.2 Å². The van der Waals surface area contributed by atoms with Crippen molar-refractivity contribution in [3.63, 3.8) is 0 Å². The Bertz CT molecular complexity index is 386. The van der Waals surface area contributed by atoms with Crippen molar-refractivity contribution in [1.29, 1.82) is 0 Å². The maximum absolute atomic E-state index is 12.0. The van der Waals surface area contributed by atoms with Crippen LogP contribution < -0.4 is 0 Å². The minimum atomic E-state index is -0.500. The van der Waals surface area contributed by atoms with E-state index in [9.17, 15) is 9.59 Å². The van der Waals surface area contributed by atoms with Crippen molar-refractivity contribution in [2.24, 2.45) is 0 Å². The fraction of sp³-hybridized carbons (Fsp3) is 0.867. The molecule has 21 heavy (non-hydrogen) atoms. The first kappa shape index (κ1) is 15.9. The molecule has 2 aliphatic heterocycles. The van der Waals surface area contributed by atoms with Crippen LogP contribution in [0.15, 0.2) is 0 Å². The number of amides is 2. The lowest BCUT2D eigenvalue weighted by atomic mass is 10.1. The summed E-state index contributed by atoms with van der Waals surface area (Å²) < 4.78 is 10.8. The van der Waals surface area contributed by atoms with Crippen LogP contribution in [0.2, 0.25) is 0 Å². The summed E-state index contributed by atoms with van der Waals surface area (Å²) in [6.07, 6.45) is 3.16. The summed E-state index contributed by atoms with van der Waals surface area (Å²) in [6, 6.07) is 0. The standard InChI is InChI=1S/C15H26N2O4/c1-15(2,3)21-14(19)17-10-7-12(11-17)20-13(18)16-8-5-4-6-9-16/h12H,4-11H2,1-3H3/t12-/m1/s1. The topological polar surface area (TPSA) is 59.1 Å². The molecular weight excluding hydrogens is 272 g/mol. The van der Waals surface area contributed by atoms with E-state index in [4.69, 9.17) is 9.47 Å². The summed E-state index contributed by atoms with van der Waals surface area (Å²) in [5, 5.41) is 0. The molecule has 0 bridgehead atoms. The minimum Gasteiger partial charge on any atom is -0.444 e. The lowest BCUT2D eigenvalue weighted by Crippen LogP contribution is -2.39. The van der Waals surface area contributed by atoms with Crippen molar-refractivity contribution in [3.8, 4) is 0 Å². The van der Waals surface area contributed by atoms with Crippen LogP contribution in [-0.4, -0.2) is 59.9 Å². The Morgan fingerprint density at radius 2 is 1.62 bits per heavy atom. The maximum atomic E-state index is 12.0. The Labute approximate surface area is 126 Å². The van der Waals surface area contributed by atoms with Gasteiger partial charge in [0.2, 0.25) is 0 Å². The molecule has 6 heteroatoms. The van der Waals surface area contributed by atoms with Gasteiger partial charge in [0, 0.05) is 26.1 Å². The van der Waals surface area contributed by atoms with Gasteiger partial charge in [0.15, 0.2) is 0 Å². The van der Waals surface area contributed by atoms with Gasteiger partial charge in [0.05, 0.1) is 6.54 Å². The van der Waals surface area contributed by atoms with Crippen LogP contribution in [0.4, 0.5) is 9.59 Å². The molecule has 6 nitrogen and oxygen atoms in total. The number of piperidine rings is 1. The molecule has 0 unspecified atom stereocenters. The van der Waals surface area contributed by atoms with Gasteiger partial charge in [-0.25, -0.2) is 9.59 Å². The molecule has 0 saturated carbocycles. The van der Waals surface area contributed by atoms with E-state index in [2.05, 4.69) is 0 Å². The first-order valence-corrected chi connectivity index (χ1v) is 7.78. The summed E-state index contributed by atoms with van der Waals surface area (Å²) in [5.41, 5.74) is -0.500. The SMILES string of the molecule is CC(C)(C)OC(=O)N1CC[C@@H](OC(=O)N2CCCCC2)C1. The quantitative estimate of drug-likeness (QED) is 0.746. The molecule has 0 aliphatic carbocycles. The van der Waals surface area contributed by atoms with E-state index in [1.807, 2.05) is 20.8 Å². The number of likely N-dealkylation sites (tertiary alicyclic amines) is 2. The Hall–Kier alpha value is -1.46. The second-order valence-electron chi connectivity index (χ2n) is 6.77. The summed E-state index contributed by atoms with van der Waals surface area (Å²) >= 11 is 0. The van der Waals surface area contributed by atoms with Gasteiger partial charge in [-0.3, -0.25) is 0 Å². The van der Waals surface area contributed by atoms with E-state index >= 15 is 0 Å². The number of rotatable bonds is 1. The van der Waals surface area contributed by atoms with Gasteiger partial charge in [-0.15, -0.1) is 0 Å². The van der Waals surface area contributed by atoms with Gasteiger partial charge in [0.1, 0.15) is 11.7 Å². The monoisotopic (exact) mass is 298 g/mol. The van der Waals surface area contributed by atoms with E-state index in [-0.39, 0.29) is 18.3 Å². The van der Waals surface area contributed by atoms with Gasteiger partial charge in [-0.2, -0.15) is 0 Å². The molecule has 2 saturated heterocycles. The molecule has 1 atom stereocenters. The average Bonchev–Trinajstić information content (AvgIpc) is 2.86. The van der Waals surface area contributed by atoms with Crippen LogP contribution in [0.5, 0.6) is 0 Å². The lowest BCUT2D eigenvalue weighted by molar-refractivity contribution is 0.0236. The lowest BCUT2D eigenvalue weighted by Gasteiger charge is -2.27. The fourth-order valence-electron chi connectivity index (χ4n) is 2.61. The molecule has 0 aromatic rings. The van der Waals surface area contributed by atoms with Crippen LogP contribution in [0.3, 0.4) is 0 Å². The molecule has 0 aromatic carbocycles. The van der Waals surface area contributed by atoms with Gasteiger partial charge in [-0.05, 0) is 40.0 Å². The highest BCUT2D eigenvalue weighted by Gasteiger charge is 2.32. The van der Waals surface area contributed by atoms with E-state index in [1.54, 1.807) is 9.80 Å². The van der Waals surface area contributed by atoms with Crippen molar-refractivity contribution in [1.82, 2.24) is 9.80 Å². The zero-order chi connectivity index (χ0) is 15.5. The van der Waals surface area contributed by atoms with Crippen molar-refractivity contribution < 1.29 is 19.1 Å². The van der Waals surface area contributed by atoms with Crippen LogP contribution in [0.25, 0.3) is 0 Å². The highest BCUT2D eigenvalue weighted by atomic mass is 16.6. The third kappa shape index (κ3) is 4.79. The molecule has 2 fully saturated rings. The molecule has 120 valence electrons. The average molecular weight is 298 g/mol. The molecule has 2 aliphatic rings. The van der Waals surface area contributed by atoms with Crippen molar-refractivity contribution in [2.75, 3.05) is 26.2 Å². The highest BCUT2D eigenvalue weighted by molar-refractivity contribution is 5.69. The Morgan fingerprint density at radius 3 is 2.24 bits per heavy atom. The zero-order valence-electron chi connectivity index (χ0n) is 13.3. The van der Waals surface area contributed by atoms with Gasteiger partial charge in [-0.1, -0.05) is 0 Å². The second kappa shape index (κ2) is 6.54. The summed E-state index contributed by atoms with van der Waals surface area (Å²) in [6.45, 7) is 8.09. The predicted octanol–water partition coefficient (Wildman–Crippen LogP) is 2.62. The van der Waals surface area contributed by atoms with Crippen LogP contribution in [0, 0.1) is 0 Å². The molecule has 2 amide bonds. The first-order chi connectivity index (χ1) is 9.85. The molecule has 2 rings (SSSR count). The second-order valence-corrected chi connectivity index (χ2v) is 6.77. The Balaban J connectivity index is 1.77. The summed E-state index contributed by atoms with van der Waals surface area (Å²) in [7, 11) is 0. The number of carbonyl (C=O) groups excluding carboxylic acids is 2. The summed E-state index contributed by atoms with van der Waals surface area (Å²) in [5.74, 6) is 0. The predicted molar refractivity (Wildman–Crippen MR) is 78.1 cm³/mol. The minimum absolute atomic E-state index is 0.216. The molecule has 0 aromatic heterocycles. The van der Waals surface area contributed by atoms with Gasteiger partial charge >= 0.3 is 12.2 Å². The fourth-order valence-corrected chi connectivity index (χ4v) is 2.61. The molecule has 0 spiro atoms. The molecule has 0 radical (unpaired) electrons. The van der Waals surface area contributed by atoms with E-state index in [0.717, 1.165) is 25.9 Å². The van der Waals surface area contributed by atoms with Crippen LogP contribution in [-0.2, 0) is 9.47 Å². The number of hydrogen-bond acceptors (Lipinski definition) is 4. The molecule has 0 N–H and O–H groups in total. The third-order valence-corrected chi connectivity index (χ3v) is 3.68. The number of ether oxygens (including phenoxy) is 2. The first-order valence-electron chi connectivity index (χ1n) is 7.78. The number of carbonyl (C=O) groups is 2. The van der Waals surface area contributed by atoms with Crippen molar-refractivity contribution >= 4 is 12.2 Å². The Kier molecular flexibility index (Phi) is 4.96. The number of hydrogen-bond donors (Lipinski definition) is 0. The van der Waals surface area contributed by atoms with Crippen LogP contribution >= 0.6 is 0 Å². The largest absolute Gasteiger partial charge is 0.444 e. The molecular formula is C15H26N2O4. The third-order valence-electron chi connectivity index (χ3n) is 3.68. The smallest absolute Gasteiger partial charge is 0.410 e. The normalized spacial score (nSPS) is 23.1. The summed E-state index contributed by atoms with van der Waals surface area (Å²) in [4.78, 5) is 27.3. The van der Waals surface area contributed by atoms with Gasteiger partial charge in [0.25, 0.3) is 0 Å². The van der Waals surface area contributed by atoms with E-state index < -0.39 is 5.60 Å². The number of nitrogens with zero attached hydrogens (tertiary/aromatic N) is 2. The highest BCUT2D eigenvalue weighted by Crippen LogP contribution is 2.19. The maximum Gasteiger partial charge on any atom is 0.410 e. The Morgan fingerprint density at radius 1 is 0.952 bits per heavy atom. The van der Waals surface area contributed by atoms with E-state index in [0.29, 0.717) is 19.5 Å². The van der Waals surface area contributed by atoms with Crippen LogP contribution in [0.1, 0.15) is 46.5 Å². The van der Waals surface area contributed by atoms with Gasteiger partial charge < -0.3 is 19.3 Å². The van der Waals surface area contributed by atoms with E-state index in [1.165, 1.54) is 6.42 Å².